The molecule has 1 aromatic rings. The van der Waals surface area contributed by atoms with Crippen molar-refractivity contribution in [1.82, 2.24) is 9.97 Å². The normalized spacial score (nSPS) is 19.1. The molecular weight excluding hydrogens is 198 g/mol. The SMILES string of the molecule is CCCCC(N)c1ncc(C2CCCC2)[nH]1. The van der Waals surface area contributed by atoms with E-state index in [1.54, 1.807) is 0 Å². The summed E-state index contributed by atoms with van der Waals surface area (Å²) in [6.45, 7) is 2.19. The highest BCUT2D eigenvalue weighted by molar-refractivity contribution is 5.10. The molecule has 0 aromatic carbocycles. The molecule has 1 atom stereocenters. The lowest BCUT2D eigenvalue weighted by Gasteiger charge is -2.08. The molecule has 3 N–H and O–H groups in total. The fourth-order valence-corrected chi connectivity index (χ4v) is 2.54. The zero-order valence-electron chi connectivity index (χ0n) is 10.2. The second kappa shape index (κ2) is 5.48. The maximum Gasteiger partial charge on any atom is 0.123 e. The van der Waals surface area contributed by atoms with E-state index in [1.165, 1.54) is 44.2 Å². The highest BCUT2D eigenvalue weighted by Crippen LogP contribution is 2.33. The predicted octanol–water partition coefficient (Wildman–Crippen LogP) is 3.26. The van der Waals surface area contributed by atoms with Crippen LogP contribution < -0.4 is 5.73 Å². The molecule has 0 radical (unpaired) electrons. The second-order valence-corrected chi connectivity index (χ2v) is 4.95. The molecule has 1 aromatic heterocycles. The van der Waals surface area contributed by atoms with Crippen LogP contribution in [0.15, 0.2) is 6.20 Å². The van der Waals surface area contributed by atoms with E-state index in [2.05, 4.69) is 16.9 Å². The topological polar surface area (TPSA) is 54.7 Å². The standard InChI is InChI=1S/C13H23N3/c1-2-3-8-11(14)13-15-9-12(16-13)10-6-4-5-7-10/h9-11H,2-8,14H2,1H3,(H,15,16). The van der Waals surface area contributed by atoms with Crippen LogP contribution in [0, 0.1) is 0 Å². The third-order valence-electron chi connectivity index (χ3n) is 3.63. The molecule has 90 valence electrons. The number of imidazole rings is 1. The van der Waals surface area contributed by atoms with Gasteiger partial charge in [-0.15, -0.1) is 0 Å². The molecule has 16 heavy (non-hydrogen) atoms. The molecule has 1 aliphatic rings. The summed E-state index contributed by atoms with van der Waals surface area (Å²) in [5.41, 5.74) is 7.40. The lowest BCUT2D eigenvalue weighted by Crippen LogP contribution is -2.12. The first kappa shape index (κ1) is 11.6. The van der Waals surface area contributed by atoms with Gasteiger partial charge in [0.1, 0.15) is 5.82 Å². The molecule has 2 rings (SSSR count). The molecule has 1 saturated carbocycles. The zero-order chi connectivity index (χ0) is 11.4. The Morgan fingerprint density at radius 2 is 2.25 bits per heavy atom. The Hall–Kier alpha value is -0.830. The number of aromatic nitrogens is 2. The molecule has 3 heteroatoms. The number of nitrogens with two attached hydrogens (primary N) is 1. The third kappa shape index (κ3) is 2.64. The van der Waals surface area contributed by atoms with Gasteiger partial charge in [-0.2, -0.15) is 0 Å². The van der Waals surface area contributed by atoms with Gasteiger partial charge < -0.3 is 10.7 Å². The van der Waals surface area contributed by atoms with Crippen LogP contribution in [0.2, 0.25) is 0 Å². The number of nitrogens with one attached hydrogen (secondary N) is 1. The van der Waals surface area contributed by atoms with Crippen molar-refractivity contribution < 1.29 is 0 Å². The van der Waals surface area contributed by atoms with Crippen molar-refractivity contribution >= 4 is 0 Å². The average molecular weight is 221 g/mol. The predicted molar refractivity (Wildman–Crippen MR) is 66.3 cm³/mol. The van der Waals surface area contributed by atoms with Gasteiger partial charge in [0.2, 0.25) is 0 Å². The Labute approximate surface area is 97.8 Å². The zero-order valence-corrected chi connectivity index (χ0v) is 10.2. The first-order valence-corrected chi connectivity index (χ1v) is 6.61. The Morgan fingerprint density at radius 3 is 2.94 bits per heavy atom. The van der Waals surface area contributed by atoms with E-state index in [1.807, 2.05) is 6.20 Å². The maximum atomic E-state index is 6.10. The summed E-state index contributed by atoms with van der Waals surface area (Å²) in [5.74, 6) is 1.69. The minimum Gasteiger partial charge on any atom is -0.344 e. The summed E-state index contributed by atoms with van der Waals surface area (Å²) in [7, 11) is 0. The molecule has 0 amide bonds. The summed E-state index contributed by atoms with van der Waals surface area (Å²) in [6.07, 6.45) is 10.8. The summed E-state index contributed by atoms with van der Waals surface area (Å²) in [5, 5.41) is 0. The molecular formula is C13H23N3. The van der Waals surface area contributed by atoms with Crippen LogP contribution in [0.5, 0.6) is 0 Å². The lowest BCUT2D eigenvalue weighted by atomic mass is 10.1. The van der Waals surface area contributed by atoms with E-state index in [0.29, 0.717) is 5.92 Å². The van der Waals surface area contributed by atoms with Gasteiger partial charge in [-0.1, -0.05) is 32.6 Å². The maximum absolute atomic E-state index is 6.10. The van der Waals surface area contributed by atoms with Crippen molar-refractivity contribution in [3.8, 4) is 0 Å². The minimum absolute atomic E-state index is 0.0927. The summed E-state index contributed by atoms with van der Waals surface area (Å²) in [6, 6.07) is 0.0927. The highest BCUT2D eigenvalue weighted by atomic mass is 15.0. The number of hydrogen-bond donors (Lipinski definition) is 2. The third-order valence-corrected chi connectivity index (χ3v) is 3.63. The van der Waals surface area contributed by atoms with Crippen LogP contribution in [-0.4, -0.2) is 9.97 Å². The number of nitrogens with zero attached hydrogens (tertiary/aromatic N) is 1. The number of rotatable bonds is 5. The molecule has 1 aliphatic carbocycles. The van der Waals surface area contributed by atoms with Crippen LogP contribution >= 0.6 is 0 Å². The van der Waals surface area contributed by atoms with Gasteiger partial charge >= 0.3 is 0 Å². The van der Waals surface area contributed by atoms with Gasteiger partial charge in [0, 0.05) is 17.8 Å². The molecule has 0 spiro atoms. The van der Waals surface area contributed by atoms with Crippen molar-refractivity contribution in [2.24, 2.45) is 5.73 Å². The van der Waals surface area contributed by atoms with Gasteiger partial charge in [0.25, 0.3) is 0 Å². The fraction of sp³-hybridized carbons (Fsp3) is 0.769. The number of H-pyrrole nitrogens is 1. The number of hydrogen-bond acceptors (Lipinski definition) is 2. The Balaban J connectivity index is 1.95. The van der Waals surface area contributed by atoms with Crippen LogP contribution in [0.3, 0.4) is 0 Å². The molecule has 1 fully saturated rings. The minimum atomic E-state index is 0.0927. The number of unbranched alkanes of at least 4 members (excludes halogenated alkanes) is 1. The van der Waals surface area contributed by atoms with E-state index in [9.17, 15) is 0 Å². The highest BCUT2D eigenvalue weighted by Gasteiger charge is 2.20. The Bertz CT molecular complexity index is 313. The summed E-state index contributed by atoms with van der Waals surface area (Å²) < 4.78 is 0. The van der Waals surface area contributed by atoms with Crippen molar-refractivity contribution in [2.45, 2.75) is 63.8 Å². The molecule has 3 nitrogen and oxygen atoms in total. The first-order chi connectivity index (χ1) is 7.81. The van der Waals surface area contributed by atoms with Crippen LogP contribution in [0.4, 0.5) is 0 Å². The monoisotopic (exact) mass is 221 g/mol. The number of aromatic amines is 1. The van der Waals surface area contributed by atoms with E-state index < -0.39 is 0 Å². The Kier molecular flexibility index (Phi) is 3.99. The molecule has 1 unspecified atom stereocenters. The molecule has 1 heterocycles. The van der Waals surface area contributed by atoms with Crippen molar-refractivity contribution in [3.05, 3.63) is 17.7 Å². The van der Waals surface area contributed by atoms with Gasteiger partial charge in [-0.05, 0) is 19.3 Å². The lowest BCUT2D eigenvalue weighted by molar-refractivity contribution is 0.577. The van der Waals surface area contributed by atoms with Crippen molar-refractivity contribution in [1.29, 1.82) is 0 Å². The second-order valence-electron chi connectivity index (χ2n) is 4.95. The quantitative estimate of drug-likeness (QED) is 0.801. The van der Waals surface area contributed by atoms with Gasteiger partial charge in [0.15, 0.2) is 0 Å². The smallest absolute Gasteiger partial charge is 0.123 e. The van der Waals surface area contributed by atoms with Crippen LogP contribution in [-0.2, 0) is 0 Å². The Morgan fingerprint density at radius 1 is 1.50 bits per heavy atom. The van der Waals surface area contributed by atoms with Crippen molar-refractivity contribution in [2.75, 3.05) is 0 Å². The van der Waals surface area contributed by atoms with Gasteiger partial charge in [0.05, 0.1) is 6.04 Å². The molecule has 0 bridgehead atoms. The van der Waals surface area contributed by atoms with E-state index in [4.69, 9.17) is 5.73 Å². The van der Waals surface area contributed by atoms with Crippen LogP contribution in [0.1, 0.15) is 75.3 Å². The van der Waals surface area contributed by atoms with Crippen molar-refractivity contribution in [3.63, 3.8) is 0 Å². The summed E-state index contributed by atoms with van der Waals surface area (Å²) >= 11 is 0. The van der Waals surface area contributed by atoms with Gasteiger partial charge in [-0.25, -0.2) is 4.98 Å². The molecule has 0 aliphatic heterocycles. The first-order valence-electron chi connectivity index (χ1n) is 6.61. The largest absolute Gasteiger partial charge is 0.344 e. The van der Waals surface area contributed by atoms with E-state index in [0.717, 1.165) is 12.2 Å². The van der Waals surface area contributed by atoms with Gasteiger partial charge in [-0.3, -0.25) is 0 Å². The summed E-state index contributed by atoms with van der Waals surface area (Å²) in [4.78, 5) is 7.86. The average Bonchev–Trinajstić information content (AvgIpc) is 2.94. The van der Waals surface area contributed by atoms with E-state index in [-0.39, 0.29) is 6.04 Å². The molecule has 0 saturated heterocycles. The fourth-order valence-electron chi connectivity index (χ4n) is 2.54. The van der Waals surface area contributed by atoms with E-state index >= 15 is 0 Å². The van der Waals surface area contributed by atoms with Crippen LogP contribution in [0.25, 0.3) is 0 Å².